The zero-order valence-electron chi connectivity index (χ0n) is 8.41. The van der Waals surface area contributed by atoms with Crippen molar-refractivity contribution in [1.29, 1.82) is 0 Å². The second kappa shape index (κ2) is 4.57. The Hall–Kier alpha value is -0.160. The highest BCUT2D eigenvalue weighted by Gasteiger charge is 2.18. The number of pyridine rings is 1. The molecule has 1 aliphatic heterocycles. The number of nitrogens with zero attached hydrogens (tertiary/aromatic N) is 2. The maximum atomic E-state index is 4.50. The molecule has 76 valence electrons. The standard InChI is InChI=1S/C11H15IN2/c1-14-6-4-9(5-7-14)11-3-2-10(12)8-13-11/h2-3,8-9H,4-7H2,1H3. The van der Waals surface area contributed by atoms with Gasteiger partial charge in [0.2, 0.25) is 0 Å². The van der Waals surface area contributed by atoms with E-state index in [0.29, 0.717) is 5.92 Å². The molecule has 3 heteroatoms. The van der Waals surface area contributed by atoms with E-state index in [-0.39, 0.29) is 0 Å². The van der Waals surface area contributed by atoms with Crippen molar-refractivity contribution in [3.05, 3.63) is 27.6 Å². The van der Waals surface area contributed by atoms with Crippen molar-refractivity contribution in [1.82, 2.24) is 9.88 Å². The molecule has 0 aliphatic carbocycles. The van der Waals surface area contributed by atoms with Crippen LogP contribution in [0.5, 0.6) is 0 Å². The molecule has 2 heterocycles. The molecule has 0 unspecified atom stereocenters. The largest absolute Gasteiger partial charge is 0.306 e. The number of halogens is 1. The van der Waals surface area contributed by atoms with Gasteiger partial charge in [0.05, 0.1) is 0 Å². The van der Waals surface area contributed by atoms with Crippen molar-refractivity contribution in [2.45, 2.75) is 18.8 Å². The van der Waals surface area contributed by atoms with Crippen molar-refractivity contribution in [2.24, 2.45) is 0 Å². The molecule has 1 aromatic heterocycles. The van der Waals surface area contributed by atoms with Crippen molar-refractivity contribution in [3.63, 3.8) is 0 Å². The third-order valence-electron chi connectivity index (χ3n) is 2.89. The highest BCUT2D eigenvalue weighted by Crippen LogP contribution is 2.25. The number of piperidine rings is 1. The van der Waals surface area contributed by atoms with Crippen LogP contribution in [0.2, 0.25) is 0 Å². The Bertz CT molecular complexity index is 289. The lowest BCUT2D eigenvalue weighted by molar-refractivity contribution is 0.253. The summed E-state index contributed by atoms with van der Waals surface area (Å²) >= 11 is 2.30. The highest BCUT2D eigenvalue weighted by molar-refractivity contribution is 14.1. The topological polar surface area (TPSA) is 16.1 Å². The van der Waals surface area contributed by atoms with Crippen LogP contribution in [0.25, 0.3) is 0 Å². The molecule has 0 atom stereocenters. The average molecular weight is 302 g/mol. The van der Waals surface area contributed by atoms with E-state index in [9.17, 15) is 0 Å². The summed E-state index contributed by atoms with van der Waals surface area (Å²) in [5.74, 6) is 0.684. The maximum absolute atomic E-state index is 4.50. The van der Waals surface area contributed by atoms with Crippen LogP contribution in [0.1, 0.15) is 24.5 Å². The van der Waals surface area contributed by atoms with Gasteiger partial charge in [-0.05, 0) is 67.7 Å². The van der Waals surface area contributed by atoms with Gasteiger partial charge in [0.15, 0.2) is 0 Å². The van der Waals surface area contributed by atoms with Gasteiger partial charge in [0.25, 0.3) is 0 Å². The fourth-order valence-electron chi connectivity index (χ4n) is 1.93. The van der Waals surface area contributed by atoms with Crippen LogP contribution in [0, 0.1) is 3.57 Å². The summed E-state index contributed by atoms with van der Waals surface area (Å²) < 4.78 is 1.22. The first-order valence-corrected chi connectivity index (χ1v) is 6.13. The summed E-state index contributed by atoms with van der Waals surface area (Å²) in [6.07, 6.45) is 4.47. The predicted octanol–water partition coefficient (Wildman–Crippen LogP) is 2.50. The van der Waals surface area contributed by atoms with Crippen molar-refractivity contribution < 1.29 is 0 Å². The van der Waals surface area contributed by atoms with Crippen molar-refractivity contribution in [3.8, 4) is 0 Å². The minimum Gasteiger partial charge on any atom is -0.306 e. The molecule has 2 rings (SSSR count). The van der Waals surface area contributed by atoms with Gasteiger partial charge >= 0.3 is 0 Å². The first kappa shape index (κ1) is 10.4. The molecule has 0 N–H and O–H groups in total. The Morgan fingerprint density at radius 3 is 2.64 bits per heavy atom. The Balaban J connectivity index is 2.05. The lowest BCUT2D eigenvalue weighted by atomic mass is 9.93. The predicted molar refractivity (Wildman–Crippen MR) is 66.4 cm³/mol. The normalized spacial score (nSPS) is 19.9. The van der Waals surface area contributed by atoms with Gasteiger partial charge in [0, 0.05) is 21.4 Å². The summed E-state index contributed by atoms with van der Waals surface area (Å²) in [7, 11) is 2.19. The Kier molecular flexibility index (Phi) is 3.38. The van der Waals surface area contributed by atoms with E-state index in [4.69, 9.17) is 0 Å². The zero-order chi connectivity index (χ0) is 9.97. The van der Waals surface area contributed by atoms with Crippen LogP contribution in [-0.4, -0.2) is 30.0 Å². The average Bonchev–Trinajstić information content (AvgIpc) is 2.21. The molecule has 1 aromatic rings. The molecule has 0 amide bonds. The van der Waals surface area contributed by atoms with Crippen molar-refractivity contribution >= 4 is 22.6 Å². The molecule has 1 saturated heterocycles. The molecule has 14 heavy (non-hydrogen) atoms. The maximum Gasteiger partial charge on any atom is 0.0436 e. The van der Waals surface area contributed by atoms with E-state index in [1.54, 1.807) is 0 Å². The van der Waals surface area contributed by atoms with E-state index >= 15 is 0 Å². The minimum atomic E-state index is 0.684. The SMILES string of the molecule is CN1CCC(c2ccc(I)cn2)CC1. The van der Waals surface area contributed by atoms with Gasteiger partial charge in [-0.1, -0.05) is 0 Å². The van der Waals surface area contributed by atoms with Crippen LogP contribution >= 0.6 is 22.6 Å². The third-order valence-corrected chi connectivity index (χ3v) is 3.53. The highest BCUT2D eigenvalue weighted by atomic mass is 127. The molecular weight excluding hydrogens is 287 g/mol. The molecule has 1 fully saturated rings. The molecule has 0 radical (unpaired) electrons. The molecule has 0 bridgehead atoms. The summed E-state index contributed by atoms with van der Waals surface area (Å²) in [5.41, 5.74) is 1.28. The molecule has 0 spiro atoms. The molecular formula is C11H15IN2. The van der Waals surface area contributed by atoms with Gasteiger partial charge < -0.3 is 4.90 Å². The Morgan fingerprint density at radius 1 is 1.36 bits per heavy atom. The van der Waals surface area contributed by atoms with E-state index < -0.39 is 0 Å². The summed E-state index contributed by atoms with van der Waals surface area (Å²) in [6.45, 7) is 2.41. The molecule has 2 nitrogen and oxygen atoms in total. The van der Waals surface area contributed by atoms with Crippen molar-refractivity contribution in [2.75, 3.05) is 20.1 Å². The van der Waals surface area contributed by atoms with E-state index in [2.05, 4.69) is 51.7 Å². The minimum absolute atomic E-state index is 0.684. The number of aromatic nitrogens is 1. The fraction of sp³-hybridized carbons (Fsp3) is 0.545. The quantitative estimate of drug-likeness (QED) is 0.741. The Labute approximate surface area is 98.9 Å². The van der Waals surface area contributed by atoms with Gasteiger partial charge in [-0.25, -0.2) is 0 Å². The molecule has 0 saturated carbocycles. The van der Waals surface area contributed by atoms with Crippen LogP contribution < -0.4 is 0 Å². The molecule has 1 aliphatic rings. The monoisotopic (exact) mass is 302 g/mol. The van der Waals surface area contributed by atoms with E-state index in [1.807, 2.05) is 6.20 Å². The lowest BCUT2D eigenvalue weighted by Crippen LogP contribution is -2.29. The fourth-order valence-corrected chi connectivity index (χ4v) is 2.25. The molecule has 0 aromatic carbocycles. The second-order valence-electron chi connectivity index (χ2n) is 3.98. The van der Waals surface area contributed by atoms with Gasteiger partial charge in [-0.3, -0.25) is 4.98 Å². The van der Waals surface area contributed by atoms with E-state index in [0.717, 1.165) is 0 Å². The number of rotatable bonds is 1. The first-order valence-electron chi connectivity index (χ1n) is 5.05. The van der Waals surface area contributed by atoms with Crippen LogP contribution in [0.3, 0.4) is 0 Å². The van der Waals surface area contributed by atoms with Gasteiger partial charge in [-0.2, -0.15) is 0 Å². The first-order chi connectivity index (χ1) is 6.75. The van der Waals surface area contributed by atoms with Crippen LogP contribution in [-0.2, 0) is 0 Å². The number of hydrogen-bond acceptors (Lipinski definition) is 2. The lowest BCUT2D eigenvalue weighted by Gasteiger charge is -2.28. The third kappa shape index (κ3) is 2.45. The van der Waals surface area contributed by atoms with Crippen LogP contribution in [0.15, 0.2) is 18.3 Å². The van der Waals surface area contributed by atoms with Gasteiger partial charge in [-0.15, -0.1) is 0 Å². The Morgan fingerprint density at radius 2 is 2.07 bits per heavy atom. The number of likely N-dealkylation sites (tertiary alicyclic amines) is 1. The summed E-state index contributed by atoms with van der Waals surface area (Å²) in [6, 6.07) is 4.33. The smallest absolute Gasteiger partial charge is 0.0436 e. The van der Waals surface area contributed by atoms with Gasteiger partial charge in [0.1, 0.15) is 0 Å². The number of hydrogen-bond donors (Lipinski definition) is 0. The summed E-state index contributed by atoms with van der Waals surface area (Å²) in [4.78, 5) is 6.89. The zero-order valence-corrected chi connectivity index (χ0v) is 10.6. The van der Waals surface area contributed by atoms with Crippen LogP contribution in [0.4, 0.5) is 0 Å². The summed E-state index contributed by atoms with van der Waals surface area (Å²) in [5, 5.41) is 0. The van der Waals surface area contributed by atoms with E-state index in [1.165, 1.54) is 35.2 Å². The second-order valence-corrected chi connectivity index (χ2v) is 5.22.